The van der Waals surface area contributed by atoms with Crippen molar-refractivity contribution in [3.05, 3.63) is 18.5 Å². The molecule has 0 bridgehead atoms. The molecule has 0 radical (unpaired) electrons. The topological polar surface area (TPSA) is 90.5 Å². The van der Waals surface area contributed by atoms with Gasteiger partial charge in [-0.1, -0.05) is 0 Å². The van der Waals surface area contributed by atoms with E-state index in [9.17, 15) is 9.59 Å². The largest absolute Gasteiger partial charge is 0.367 e. The monoisotopic (exact) mass is 334 g/mol. The molecule has 2 amide bonds. The molecule has 7 heteroatoms. The molecular weight excluding hydrogens is 308 g/mol. The number of aromatic nitrogens is 2. The molecule has 2 aliphatic rings. The number of hydrogen-bond acceptors (Lipinski definition) is 4. The average molecular weight is 334 g/mol. The first-order valence-electron chi connectivity index (χ1n) is 8.83. The number of amides is 2. The Morgan fingerprint density at radius 2 is 2.00 bits per heavy atom. The number of carbonyl (C=O) groups excluding carboxylic acids is 2. The summed E-state index contributed by atoms with van der Waals surface area (Å²) in [5, 5.41) is 4.14. The molecule has 1 aromatic heterocycles. The van der Waals surface area contributed by atoms with Gasteiger partial charge in [-0.15, -0.1) is 0 Å². The SMILES string of the molecule is NC(=O)[C@H]1CC[C@@H](C2CCN(C(=O)CCCn3cccn3)CC2)O1. The van der Waals surface area contributed by atoms with Crippen LogP contribution in [0.4, 0.5) is 0 Å². The maximum absolute atomic E-state index is 12.3. The number of primary amides is 1. The van der Waals surface area contributed by atoms with E-state index in [1.54, 1.807) is 6.20 Å². The third-order valence-corrected chi connectivity index (χ3v) is 5.12. The van der Waals surface area contributed by atoms with Crippen molar-refractivity contribution < 1.29 is 14.3 Å². The molecule has 0 saturated carbocycles. The number of nitrogens with two attached hydrogens (primary N) is 1. The van der Waals surface area contributed by atoms with Crippen LogP contribution in [0.25, 0.3) is 0 Å². The highest BCUT2D eigenvalue weighted by atomic mass is 16.5. The fourth-order valence-electron chi connectivity index (χ4n) is 3.72. The van der Waals surface area contributed by atoms with Crippen LogP contribution in [0.3, 0.4) is 0 Å². The van der Waals surface area contributed by atoms with Crippen LogP contribution in [-0.2, 0) is 20.9 Å². The molecule has 2 N–H and O–H groups in total. The second-order valence-corrected chi connectivity index (χ2v) is 6.73. The highest BCUT2D eigenvalue weighted by Gasteiger charge is 2.36. The Morgan fingerprint density at radius 1 is 1.21 bits per heavy atom. The van der Waals surface area contributed by atoms with Crippen molar-refractivity contribution in [3.63, 3.8) is 0 Å². The molecule has 24 heavy (non-hydrogen) atoms. The van der Waals surface area contributed by atoms with Gasteiger partial charge in [0.1, 0.15) is 6.10 Å². The Labute approximate surface area is 142 Å². The van der Waals surface area contributed by atoms with Gasteiger partial charge in [-0.25, -0.2) is 0 Å². The van der Waals surface area contributed by atoms with Crippen LogP contribution in [0.5, 0.6) is 0 Å². The van der Waals surface area contributed by atoms with Crippen LogP contribution in [0.1, 0.15) is 38.5 Å². The van der Waals surface area contributed by atoms with Crippen LogP contribution < -0.4 is 5.73 Å². The number of ether oxygens (including phenoxy) is 1. The number of rotatable bonds is 6. The summed E-state index contributed by atoms with van der Waals surface area (Å²) in [5.74, 6) is 0.299. The molecule has 2 aliphatic heterocycles. The third kappa shape index (κ3) is 4.14. The Hall–Kier alpha value is -1.89. The van der Waals surface area contributed by atoms with E-state index in [0.717, 1.165) is 51.7 Å². The van der Waals surface area contributed by atoms with Crippen molar-refractivity contribution in [1.29, 1.82) is 0 Å². The second kappa shape index (κ2) is 7.79. The lowest BCUT2D eigenvalue weighted by Gasteiger charge is -2.34. The van der Waals surface area contributed by atoms with E-state index in [2.05, 4.69) is 5.10 Å². The molecule has 7 nitrogen and oxygen atoms in total. The summed E-state index contributed by atoms with van der Waals surface area (Å²) >= 11 is 0. The standard InChI is InChI=1S/C17H26N4O3/c18-17(23)15-5-4-14(24-15)13-6-11-20(12-7-13)16(22)3-1-9-21-10-2-8-19-21/h2,8,10,13-15H,1,3-7,9,11-12H2,(H2,18,23)/t14-,15+/m0/s1. The number of aryl methyl sites for hydroxylation is 1. The lowest BCUT2D eigenvalue weighted by molar-refractivity contribution is -0.134. The highest BCUT2D eigenvalue weighted by Crippen LogP contribution is 2.31. The summed E-state index contributed by atoms with van der Waals surface area (Å²) in [6, 6.07) is 1.89. The van der Waals surface area contributed by atoms with Crippen molar-refractivity contribution in [1.82, 2.24) is 14.7 Å². The average Bonchev–Trinajstić information content (AvgIpc) is 3.26. The Kier molecular flexibility index (Phi) is 5.50. The molecular formula is C17H26N4O3. The van der Waals surface area contributed by atoms with Gasteiger partial charge in [0.2, 0.25) is 11.8 Å². The van der Waals surface area contributed by atoms with Crippen molar-refractivity contribution >= 4 is 11.8 Å². The van der Waals surface area contributed by atoms with Gasteiger partial charge in [0.15, 0.2) is 0 Å². The van der Waals surface area contributed by atoms with Crippen molar-refractivity contribution in [2.24, 2.45) is 11.7 Å². The zero-order valence-corrected chi connectivity index (χ0v) is 14.0. The van der Waals surface area contributed by atoms with E-state index in [1.165, 1.54) is 0 Å². The Balaban J connectivity index is 1.37. The molecule has 132 valence electrons. The van der Waals surface area contributed by atoms with E-state index < -0.39 is 6.10 Å². The van der Waals surface area contributed by atoms with Gasteiger partial charge in [0.05, 0.1) is 6.10 Å². The molecule has 3 rings (SSSR count). The quantitative estimate of drug-likeness (QED) is 0.838. The minimum Gasteiger partial charge on any atom is -0.367 e. The molecule has 0 aromatic carbocycles. The van der Waals surface area contributed by atoms with E-state index >= 15 is 0 Å². The van der Waals surface area contributed by atoms with E-state index in [1.807, 2.05) is 21.8 Å². The van der Waals surface area contributed by atoms with Crippen LogP contribution in [0, 0.1) is 5.92 Å². The summed E-state index contributed by atoms with van der Waals surface area (Å²) in [4.78, 5) is 25.5. The lowest BCUT2D eigenvalue weighted by Crippen LogP contribution is -2.41. The molecule has 0 spiro atoms. The fraction of sp³-hybridized carbons (Fsp3) is 0.706. The van der Waals surface area contributed by atoms with Gasteiger partial charge in [-0.05, 0) is 44.1 Å². The third-order valence-electron chi connectivity index (χ3n) is 5.12. The summed E-state index contributed by atoms with van der Waals surface area (Å²) in [5.41, 5.74) is 5.31. The predicted octanol–water partition coefficient (Wildman–Crippen LogP) is 0.935. The molecule has 3 heterocycles. The summed E-state index contributed by atoms with van der Waals surface area (Å²) < 4.78 is 7.63. The van der Waals surface area contributed by atoms with Crippen LogP contribution in [-0.4, -0.2) is 51.8 Å². The molecule has 1 aromatic rings. The lowest BCUT2D eigenvalue weighted by atomic mass is 9.89. The number of piperidine rings is 1. The minimum atomic E-state index is -0.419. The highest BCUT2D eigenvalue weighted by molar-refractivity contribution is 5.79. The predicted molar refractivity (Wildman–Crippen MR) is 87.9 cm³/mol. The van der Waals surface area contributed by atoms with E-state index in [0.29, 0.717) is 12.3 Å². The second-order valence-electron chi connectivity index (χ2n) is 6.73. The maximum atomic E-state index is 12.3. The summed E-state index contributed by atoms with van der Waals surface area (Å²) in [7, 11) is 0. The number of nitrogens with zero attached hydrogens (tertiary/aromatic N) is 3. The van der Waals surface area contributed by atoms with Crippen molar-refractivity contribution in [2.75, 3.05) is 13.1 Å². The zero-order chi connectivity index (χ0) is 16.9. The van der Waals surface area contributed by atoms with E-state index in [4.69, 9.17) is 10.5 Å². The van der Waals surface area contributed by atoms with Gasteiger partial charge in [-0.2, -0.15) is 5.10 Å². The molecule has 0 aliphatic carbocycles. The van der Waals surface area contributed by atoms with E-state index in [-0.39, 0.29) is 17.9 Å². The smallest absolute Gasteiger partial charge is 0.246 e. The summed E-state index contributed by atoms with van der Waals surface area (Å²) in [6.07, 6.45) is 8.26. The maximum Gasteiger partial charge on any atom is 0.246 e. The zero-order valence-electron chi connectivity index (χ0n) is 14.0. The van der Waals surface area contributed by atoms with Crippen LogP contribution in [0.15, 0.2) is 18.5 Å². The Bertz CT molecular complexity index is 552. The van der Waals surface area contributed by atoms with Crippen molar-refractivity contribution in [3.8, 4) is 0 Å². The minimum absolute atomic E-state index is 0.125. The normalized spacial score (nSPS) is 25.1. The van der Waals surface area contributed by atoms with Crippen molar-refractivity contribution in [2.45, 2.75) is 57.3 Å². The molecule has 2 saturated heterocycles. The van der Waals surface area contributed by atoms with Crippen LogP contribution in [0.2, 0.25) is 0 Å². The Morgan fingerprint density at radius 3 is 2.62 bits per heavy atom. The van der Waals surface area contributed by atoms with Gasteiger partial charge in [0, 0.05) is 38.4 Å². The van der Waals surface area contributed by atoms with Gasteiger partial charge in [0.25, 0.3) is 0 Å². The number of likely N-dealkylation sites (tertiary alicyclic amines) is 1. The first kappa shape index (κ1) is 17.0. The number of carbonyl (C=O) groups is 2. The molecule has 0 unspecified atom stereocenters. The molecule has 2 atom stereocenters. The fourth-order valence-corrected chi connectivity index (χ4v) is 3.72. The van der Waals surface area contributed by atoms with Gasteiger partial charge < -0.3 is 15.4 Å². The number of hydrogen-bond donors (Lipinski definition) is 1. The first-order chi connectivity index (χ1) is 11.6. The first-order valence-corrected chi connectivity index (χ1v) is 8.83. The van der Waals surface area contributed by atoms with Crippen LogP contribution >= 0.6 is 0 Å². The summed E-state index contributed by atoms with van der Waals surface area (Å²) in [6.45, 7) is 2.35. The molecule has 2 fully saturated rings. The van der Waals surface area contributed by atoms with Gasteiger partial charge in [-0.3, -0.25) is 14.3 Å². The van der Waals surface area contributed by atoms with Gasteiger partial charge >= 0.3 is 0 Å².